The molecule has 1 fully saturated rings. The minimum absolute atomic E-state index is 0. The van der Waals surface area contributed by atoms with Gasteiger partial charge in [-0.05, 0) is 68.4 Å². The Labute approximate surface area is 176 Å². The molecule has 1 saturated heterocycles. The number of hydrogen-bond acceptors (Lipinski definition) is 3. The number of rotatable bonds is 4. The van der Waals surface area contributed by atoms with Crippen molar-refractivity contribution in [2.24, 2.45) is 0 Å². The summed E-state index contributed by atoms with van der Waals surface area (Å²) in [7, 11) is 2.10. The van der Waals surface area contributed by atoms with Crippen molar-refractivity contribution >= 4 is 53.7 Å². The van der Waals surface area contributed by atoms with E-state index >= 15 is 0 Å². The van der Waals surface area contributed by atoms with Gasteiger partial charge in [-0.1, -0.05) is 11.6 Å². The summed E-state index contributed by atoms with van der Waals surface area (Å²) in [5.41, 5.74) is 2.04. The number of nitrogens with zero attached hydrogens (tertiary/aromatic N) is 1. The van der Waals surface area contributed by atoms with Gasteiger partial charge in [0.15, 0.2) is 0 Å². The molecular weight excluding hydrogens is 412 g/mol. The third kappa shape index (κ3) is 5.98. The Balaban J connectivity index is 0.00000182. The third-order valence-corrected chi connectivity index (χ3v) is 4.88. The lowest BCUT2D eigenvalue weighted by Crippen LogP contribution is -2.41. The topological polar surface area (TPSA) is 44.4 Å². The smallest absolute Gasteiger partial charge is 0.257 e. The van der Waals surface area contributed by atoms with Gasteiger partial charge in [0.25, 0.3) is 5.91 Å². The first kappa shape index (κ1) is 23.5. The average molecular weight is 435 g/mol. The van der Waals surface area contributed by atoms with Gasteiger partial charge < -0.3 is 15.5 Å². The fraction of sp³-hybridized carbons (Fsp3) is 0.316. The molecule has 0 bridgehead atoms. The Morgan fingerprint density at radius 3 is 2.37 bits per heavy atom. The molecule has 0 saturated carbocycles. The summed E-state index contributed by atoms with van der Waals surface area (Å²) in [5.74, 6) is -0.823. The number of amides is 1. The molecule has 0 aromatic heterocycles. The van der Waals surface area contributed by atoms with Crippen LogP contribution in [-0.2, 0) is 0 Å². The van der Waals surface area contributed by atoms with E-state index in [9.17, 15) is 9.18 Å². The van der Waals surface area contributed by atoms with Gasteiger partial charge in [0.05, 0.1) is 10.6 Å². The van der Waals surface area contributed by atoms with Crippen LogP contribution < -0.4 is 15.5 Å². The quantitative estimate of drug-likeness (QED) is 0.729. The lowest BCUT2D eigenvalue weighted by atomic mass is 10.0. The highest BCUT2D eigenvalue weighted by Crippen LogP contribution is 2.23. The molecule has 1 heterocycles. The number of hydrogen-bond donors (Lipinski definition) is 2. The van der Waals surface area contributed by atoms with Gasteiger partial charge in [0.2, 0.25) is 0 Å². The zero-order valence-electron chi connectivity index (χ0n) is 14.9. The fourth-order valence-electron chi connectivity index (χ4n) is 3.06. The molecule has 148 valence electrons. The van der Waals surface area contributed by atoms with Crippen molar-refractivity contribution in [3.63, 3.8) is 0 Å². The summed E-state index contributed by atoms with van der Waals surface area (Å²) in [6.45, 7) is 2.09. The fourth-order valence-corrected chi connectivity index (χ4v) is 3.31. The molecule has 0 atom stereocenters. The van der Waals surface area contributed by atoms with Crippen LogP contribution in [0.15, 0.2) is 42.5 Å². The van der Waals surface area contributed by atoms with Crippen LogP contribution in [0.2, 0.25) is 5.02 Å². The maximum Gasteiger partial charge on any atom is 0.257 e. The summed E-state index contributed by atoms with van der Waals surface area (Å²) in [4.78, 5) is 14.6. The second-order valence-electron chi connectivity index (χ2n) is 6.22. The van der Waals surface area contributed by atoms with E-state index in [0.29, 0.717) is 11.7 Å². The predicted octanol–water partition coefficient (Wildman–Crippen LogP) is 4.76. The van der Waals surface area contributed by atoms with Crippen LogP contribution in [0.25, 0.3) is 0 Å². The minimum atomic E-state index is -0.466. The van der Waals surface area contributed by atoms with E-state index in [1.54, 1.807) is 0 Å². The van der Waals surface area contributed by atoms with E-state index in [2.05, 4.69) is 22.6 Å². The Bertz CT molecular complexity index is 752. The van der Waals surface area contributed by atoms with Crippen molar-refractivity contribution < 1.29 is 9.18 Å². The van der Waals surface area contributed by atoms with Crippen molar-refractivity contribution in [1.82, 2.24) is 5.32 Å². The Kier molecular flexibility index (Phi) is 9.33. The van der Waals surface area contributed by atoms with Crippen molar-refractivity contribution in [3.05, 3.63) is 58.9 Å². The monoisotopic (exact) mass is 433 g/mol. The zero-order valence-corrected chi connectivity index (χ0v) is 17.3. The summed E-state index contributed by atoms with van der Waals surface area (Å²) < 4.78 is 13.1. The normalized spacial score (nSPS) is 13.9. The first-order valence-corrected chi connectivity index (χ1v) is 8.72. The molecular formula is C19H23Cl3FN3O. The first-order valence-electron chi connectivity index (χ1n) is 8.34. The summed E-state index contributed by atoms with van der Waals surface area (Å²) in [6.07, 6.45) is 2.25. The van der Waals surface area contributed by atoms with E-state index in [1.807, 2.05) is 24.3 Å². The highest BCUT2D eigenvalue weighted by molar-refractivity contribution is 6.34. The molecule has 1 amide bonds. The van der Waals surface area contributed by atoms with Gasteiger partial charge in [0.1, 0.15) is 5.82 Å². The maximum absolute atomic E-state index is 13.1. The summed E-state index contributed by atoms with van der Waals surface area (Å²) >= 11 is 5.93. The third-order valence-electron chi connectivity index (χ3n) is 4.56. The lowest BCUT2D eigenvalue weighted by molar-refractivity contribution is 0.102. The number of carbonyl (C=O) groups excluding carboxylic acids is 1. The van der Waals surface area contributed by atoms with Crippen LogP contribution in [0.5, 0.6) is 0 Å². The highest BCUT2D eigenvalue weighted by Gasteiger charge is 2.18. The van der Waals surface area contributed by atoms with Crippen LogP contribution in [0.3, 0.4) is 0 Å². The highest BCUT2D eigenvalue weighted by atomic mass is 35.5. The number of benzene rings is 2. The molecule has 0 spiro atoms. The molecule has 4 nitrogen and oxygen atoms in total. The lowest BCUT2D eigenvalue weighted by Gasteiger charge is -2.33. The molecule has 1 aliphatic rings. The van der Waals surface area contributed by atoms with E-state index in [4.69, 9.17) is 11.6 Å². The molecule has 2 aromatic rings. The number of anilines is 2. The summed E-state index contributed by atoms with van der Waals surface area (Å²) in [6, 6.07) is 12.0. The molecule has 0 aliphatic carbocycles. The van der Waals surface area contributed by atoms with Crippen LogP contribution in [0.1, 0.15) is 23.2 Å². The summed E-state index contributed by atoms with van der Waals surface area (Å²) in [5, 5.41) is 6.25. The van der Waals surface area contributed by atoms with Crippen LogP contribution in [0, 0.1) is 5.82 Å². The van der Waals surface area contributed by atoms with E-state index < -0.39 is 5.82 Å². The molecule has 1 aliphatic heterocycles. The second kappa shape index (κ2) is 10.7. The van der Waals surface area contributed by atoms with Gasteiger partial charge in [-0.2, -0.15) is 0 Å². The van der Waals surface area contributed by atoms with Crippen molar-refractivity contribution in [2.45, 2.75) is 18.9 Å². The van der Waals surface area contributed by atoms with Gasteiger partial charge in [-0.3, -0.25) is 4.79 Å². The van der Waals surface area contributed by atoms with Crippen LogP contribution in [-0.4, -0.2) is 32.1 Å². The van der Waals surface area contributed by atoms with Gasteiger partial charge in [0, 0.05) is 24.5 Å². The van der Waals surface area contributed by atoms with Crippen LogP contribution >= 0.6 is 36.4 Å². The largest absolute Gasteiger partial charge is 0.372 e. The molecule has 8 heteroatoms. The Morgan fingerprint density at radius 2 is 1.78 bits per heavy atom. The Morgan fingerprint density at radius 1 is 1.15 bits per heavy atom. The SMILES string of the molecule is CN(c1ccc(NC(=O)c2ccc(F)cc2Cl)cc1)C1CCNCC1.Cl.Cl. The molecule has 2 aromatic carbocycles. The van der Waals surface area contributed by atoms with Gasteiger partial charge >= 0.3 is 0 Å². The minimum Gasteiger partial charge on any atom is -0.372 e. The molecule has 3 rings (SSSR count). The average Bonchev–Trinajstić information content (AvgIpc) is 2.62. The molecule has 27 heavy (non-hydrogen) atoms. The first-order chi connectivity index (χ1) is 12.0. The van der Waals surface area contributed by atoms with E-state index in [-0.39, 0.29) is 41.3 Å². The van der Waals surface area contributed by atoms with Gasteiger partial charge in [-0.15, -0.1) is 24.8 Å². The standard InChI is InChI=1S/C19H21ClFN3O.2ClH/c1-24(16-8-10-22-11-9-16)15-5-3-14(4-6-15)23-19(25)17-7-2-13(21)12-18(17)20;;/h2-7,12,16,22H,8-11H2,1H3,(H,23,25);2*1H. The number of nitrogens with one attached hydrogen (secondary N) is 2. The number of carbonyl (C=O) groups is 1. The molecule has 0 unspecified atom stereocenters. The number of piperidine rings is 1. The molecule has 0 radical (unpaired) electrons. The van der Waals surface area contributed by atoms with E-state index in [1.165, 1.54) is 12.1 Å². The van der Waals surface area contributed by atoms with Gasteiger partial charge in [-0.25, -0.2) is 4.39 Å². The zero-order chi connectivity index (χ0) is 17.8. The van der Waals surface area contributed by atoms with Crippen LogP contribution in [0.4, 0.5) is 15.8 Å². The van der Waals surface area contributed by atoms with Crippen molar-refractivity contribution in [1.29, 1.82) is 0 Å². The van der Waals surface area contributed by atoms with Crippen molar-refractivity contribution in [2.75, 3.05) is 30.4 Å². The van der Waals surface area contributed by atoms with E-state index in [0.717, 1.165) is 37.7 Å². The predicted molar refractivity (Wildman–Crippen MR) is 115 cm³/mol. The molecule has 2 N–H and O–H groups in total. The van der Waals surface area contributed by atoms with Crippen molar-refractivity contribution in [3.8, 4) is 0 Å². The number of halogens is 4. The maximum atomic E-state index is 13.1. The second-order valence-corrected chi connectivity index (χ2v) is 6.62. The Hall–Kier alpha value is -1.53.